The second-order valence-electron chi connectivity index (χ2n) is 10.4. The van der Waals surface area contributed by atoms with Gasteiger partial charge in [0, 0.05) is 31.5 Å². The minimum Gasteiger partial charge on any atom is -0.334 e. The Kier molecular flexibility index (Phi) is 6.58. The highest BCUT2D eigenvalue weighted by Gasteiger charge is 2.35. The fraction of sp³-hybridized carbons (Fsp3) is 0.273. The molecular formula is C33H33N3O. The topological polar surface area (TPSA) is 36.4 Å². The molecule has 1 aromatic heterocycles. The molecule has 2 aliphatic rings. The number of carbonyl (C=O) groups excluding carboxylic acids is 1. The van der Waals surface area contributed by atoms with Gasteiger partial charge in [0.05, 0.1) is 12.6 Å². The van der Waals surface area contributed by atoms with E-state index in [9.17, 15) is 4.79 Å². The van der Waals surface area contributed by atoms with Crippen molar-refractivity contribution in [2.24, 2.45) is 0 Å². The van der Waals surface area contributed by atoms with Gasteiger partial charge in [0.2, 0.25) is 5.91 Å². The average molecular weight is 488 g/mol. The van der Waals surface area contributed by atoms with Crippen molar-refractivity contribution >= 4 is 5.91 Å². The molecule has 1 aliphatic heterocycles. The van der Waals surface area contributed by atoms with Crippen LogP contribution in [0.15, 0.2) is 97.3 Å². The molecule has 4 aromatic rings. The lowest BCUT2D eigenvalue weighted by Crippen LogP contribution is -2.48. The number of aryl methyl sites for hydroxylation is 1. The number of rotatable bonds is 6. The molecule has 1 aliphatic carbocycles. The molecule has 2 heterocycles. The number of aromatic nitrogens is 1. The first-order chi connectivity index (χ1) is 18.2. The quantitative estimate of drug-likeness (QED) is 0.359. The zero-order valence-corrected chi connectivity index (χ0v) is 21.4. The Bertz CT molecular complexity index is 1370. The third-order valence-electron chi connectivity index (χ3n) is 8.07. The Morgan fingerprint density at radius 2 is 1.54 bits per heavy atom. The smallest absolute Gasteiger partial charge is 0.237 e. The number of carbonyl (C=O) groups is 1. The number of amides is 1. The fourth-order valence-electron chi connectivity index (χ4n) is 6.18. The summed E-state index contributed by atoms with van der Waals surface area (Å²) < 4.78 is 0. The summed E-state index contributed by atoms with van der Waals surface area (Å²) in [6.45, 7) is 4.04. The van der Waals surface area contributed by atoms with E-state index in [1.165, 1.54) is 33.4 Å². The molecule has 1 amide bonds. The van der Waals surface area contributed by atoms with E-state index in [0.29, 0.717) is 13.1 Å². The standard InChI is InChI=1S/C33H33N3O/c1-24-9-2-6-14-30(24)33-31-15-7-5-11-26(31)16-18-35(33)23-32(37)36(22-25-10-8-17-34-21-25)29-19-27-12-3-4-13-28(27)20-29/h2-15,17,21,29,33H,16,18-20,22-23H2,1H3. The van der Waals surface area contributed by atoms with Gasteiger partial charge >= 0.3 is 0 Å². The van der Waals surface area contributed by atoms with Crippen molar-refractivity contribution < 1.29 is 4.79 Å². The second kappa shape index (κ2) is 10.3. The number of nitrogens with zero attached hydrogens (tertiary/aromatic N) is 3. The molecule has 4 nitrogen and oxygen atoms in total. The van der Waals surface area contributed by atoms with Crippen LogP contribution in [-0.4, -0.2) is 39.8 Å². The van der Waals surface area contributed by atoms with Crippen molar-refractivity contribution in [3.8, 4) is 0 Å². The van der Waals surface area contributed by atoms with Crippen LogP contribution >= 0.6 is 0 Å². The molecule has 4 heteroatoms. The zero-order chi connectivity index (χ0) is 25.2. The molecule has 0 bridgehead atoms. The lowest BCUT2D eigenvalue weighted by atomic mass is 9.86. The first-order valence-corrected chi connectivity index (χ1v) is 13.3. The van der Waals surface area contributed by atoms with E-state index in [1.807, 2.05) is 12.3 Å². The van der Waals surface area contributed by atoms with Gasteiger partial charge in [-0.1, -0.05) is 78.9 Å². The van der Waals surface area contributed by atoms with Crippen molar-refractivity contribution in [1.29, 1.82) is 0 Å². The second-order valence-corrected chi connectivity index (χ2v) is 10.4. The maximum atomic E-state index is 14.2. The third kappa shape index (κ3) is 4.82. The van der Waals surface area contributed by atoms with Crippen LogP contribution in [0.2, 0.25) is 0 Å². The summed E-state index contributed by atoms with van der Waals surface area (Å²) in [5.41, 5.74) is 9.06. The van der Waals surface area contributed by atoms with E-state index in [0.717, 1.165) is 31.4 Å². The Balaban J connectivity index is 1.31. The van der Waals surface area contributed by atoms with Crippen molar-refractivity contribution in [3.05, 3.63) is 136 Å². The molecular weight excluding hydrogens is 454 g/mol. The minimum absolute atomic E-state index is 0.0797. The summed E-state index contributed by atoms with van der Waals surface area (Å²) >= 11 is 0. The first kappa shape index (κ1) is 23.6. The SMILES string of the molecule is Cc1ccccc1C1c2ccccc2CCN1CC(=O)N(Cc1cccnc1)C1Cc2ccccc2C1. The highest BCUT2D eigenvalue weighted by molar-refractivity contribution is 5.79. The van der Waals surface area contributed by atoms with Crippen LogP contribution in [-0.2, 0) is 30.6 Å². The molecule has 1 atom stereocenters. The van der Waals surface area contributed by atoms with Gasteiger partial charge in [-0.2, -0.15) is 0 Å². The van der Waals surface area contributed by atoms with E-state index in [-0.39, 0.29) is 18.0 Å². The molecule has 3 aromatic carbocycles. The molecule has 0 saturated heterocycles. The number of benzene rings is 3. The molecule has 186 valence electrons. The van der Waals surface area contributed by atoms with Crippen molar-refractivity contribution in [3.63, 3.8) is 0 Å². The third-order valence-corrected chi connectivity index (χ3v) is 8.07. The van der Waals surface area contributed by atoms with E-state index in [4.69, 9.17) is 0 Å². The molecule has 1 unspecified atom stereocenters. The molecule has 0 N–H and O–H groups in total. The Labute approximate surface area is 219 Å². The summed E-state index contributed by atoms with van der Waals surface area (Å²) in [6.07, 6.45) is 6.45. The average Bonchev–Trinajstić information content (AvgIpc) is 3.37. The normalized spacial score (nSPS) is 17.3. The lowest BCUT2D eigenvalue weighted by molar-refractivity contribution is -0.135. The van der Waals surface area contributed by atoms with Crippen LogP contribution in [0.1, 0.15) is 45.0 Å². The zero-order valence-electron chi connectivity index (χ0n) is 21.4. The number of hydrogen-bond acceptors (Lipinski definition) is 3. The van der Waals surface area contributed by atoms with Crippen molar-refractivity contribution in [1.82, 2.24) is 14.8 Å². The molecule has 0 fully saturated rings. The van der Waals surface area contributed by atoms with Crippen molar-refractivity contribution in [2.45, 2.75) is 44.8 Å². The van der Waals surface area contributed by atoms with Gasteiger partial charge < -0.3 is 4.90 Å². The van der Waals surface area contributed by atoms with Crippen LogP contribution in [0.3, 0.4) is 0 Å². The van der Waals surface area contributed by atoms with Gasteiger partial charge in [-0.05, 0) is 71.2 Å². The van der Waals surface area contributed by atoms with E-state index < -0.39 is 0 Å². The highest BCUT2D eigenvalue weighted by atomic mass is 16.2. The summed E-state index contributed by atoms with van der Waals surface area (Å²) in [6, 6.07) is 30.2. The number of pyridine rings is 1. The molecule has 37 heavy (non-hydrogen) atoms. The van der Waals surface area contributed by atoms with Crippen LogP contribution in [0, 0.1) is 6.92 Å². The summed E-state index contributed by atoms with van der Waals surface area (Å²) in [7, 11) is 0. The molecule has 0 saturated carbocycles. The van der Waals surface area contributed by atoms with E-state index in [1.54, 1.807) is 6.20 Å². The lowest BCUT2D eigenvalue weighted by Gasteiger charge is -2.39. The monoisotopic (exact) mass is 487 g/mol. The van der Waals surface area contributed by atoms with Crippen LogP contribution in [0.4, 0.5) is 0 Å². The Morgan fingerprint density at radius 3 is 2.24 bits per heavy atom. The molecule has 0 spiro atoms. The number of fused-ring (bicyclic) bond motifs is 2. The maximum Gasteiger partial charge on any atom is 0.237 e. The van der Waals surface area contributed by atoms with E-state index in [2.05, 4.69) is 101 Å². The van der Waals surface area contributed by atoms with Gasteiger partial charge in [0.25, 0.3) is 0 Å². The molecule has 6 rings (SSSR count). The van der Waals surface area contributed by atoms with Crippen LogP contribution in [0.25, 0.3) is 0 Å². The highest BCUT2D eigenvalue weighted by Crippen LogP contribution is 2.37. The number of hydrogen-bond donors (Lipinski definition) is 0. The van der Waals surface area contributed by atoms with Gasteiger partial charge in [-0.25, -0.2) is 0 Å². The largest absolute Gasteiger partial charge is 0.334 e. The summed E-state index contributed by atoms with van der Waals surface area (Å²) in [4.78, 5) is 23.0. The Hall–Kier alpha value is -3.76. The maximum absolute atomic E-state index is 14.2. The van der Waals surface area contributed by atoms with Crippen LogP contribution in [0.5, 0.6) is 0 Å². The molecule has 0 radical (unpaired) electrons. The summed E-state index contributed by atoms with van der Waals surface area (Å²) in [5.74, 6) is 0.194. The van der Waals surface area contributed by atoms with E-state index >= 15 is 0 Å². The van der Waals surface area contributed by atoms with Gasteiger partial charge in [0.15, 0.2) is 0 Å². The van der Waals surface area contributed by atoms with Gasteiger partial charge in [0.1, 0.15) is 0 Å². The van der Waals surface area contributed by atoms with Crippen LogP contribution < -0.4 is 0 Å². The summed E-state index contributed by atoms with van der Waals surface area (Å²) in [5, 5.41) is 0. The van der Waals surface area contributed by atoms with Crippen molar-refractivity contribution in [2.75, 3.05) is 13.1 Å². The fourth-order valence-corrected chi connectivity index (χ4v) is 6.18. The predicted molar refractivity (Wildman–Crippen MR) is 147 cm³/mol. The predicted octanol–water partition coefficient (Wildman–Crippen LogP) is 5.53. The van der Waals surface area contributed by atoms with Gasteiger partial charge in [-0.15, -0.1) is 0 Å². The minimum atomic E-state index is 0.0797. The first-order valence-electron chi connectivity index (χ1n) is 13.3. The van der Waals surface area contributed by atoms with Gasteiger partial charge in [-0.3, -0.25) is 14.7 Å². The Morgan fingerprint density at radius 1 is 0.865 bits per heavy atom.